The fourth-order valence-corrected chi connectivity index (χ4v) is 1.42. The van der Waals surface area contributed by atoms with Crippen molar-refractivity contribution < 1.29 is 14.2 Å². The molecular formula is C14H22FNO2. The lowest BCUT2D eigenvalue weighted by Gasteiger charge is -2.22. The van der Waals surface area contributed by atoms with Crippen molar-refractivity contribution in [2.45, 2.75) is 45.9 Å². The van der Waals surface area contributed by atoms with Crippen LogP contribution in [0.15, 0.2) is 18.2 Å². The summed E-state index contributed by atoms with van der Waals surface area (Å²) in [5, 5.41) is 12.5. The lowest BCUT2D eigenvalue weighted by molar-refractivity contribution is 0.119. The molecule has 1 aromatic carbocycles. The summed E-state index contributed by atoms with van der Waals surface area (Å²) in [6, 6.07) is 4.83. The third-order valence-electron chi connectivity index (χ3n) is 2.33. The molecule has 102 valence electrons. The van der Waals surface area contributed by atoms with E-state index in [0.717, 1.165) is 5.56 Å². The molecule has 0 aliphatic carbocycles. The molecule has 0 aliphatic heterocycles. The first-order valence-corrected chi connectivity index (χ1v) is 6.13. The molecule has 0 fully saturated rings. The van der Waals surface area contributed by atoms with E-state index in [4.69, 9.17) is 4.74 Å². The quantitative estimate of drug-likeness (QED) is 0.849. The molecule has 0 saturated heterocycles. The maximum Gasteiger partial charge on any atom is 0.165 e. The molecule has 0 saturated carbocycles. The van der Waals surface area contributed by atoms with Gasteiger partial charge in [-0.1, -0.05) is 12.1 Å². The van der Waals surface area contributed by atoms with Crippen molar-refractivity contribution in [3.05, 3.63) is 29.6 Å². The second-order valence-electron chi connectivity index (χ2n) is 5.49. The van der Waals surface area contributed by atoms with Gasteiger partial charge in [0.25, 0.3) is 0 Å². The summed E-state index contributed by atoms with van der Waals surface area (Å²) in [5.41, 5.74) is 0.707. The number of hydrogen-bond acceptors (Lipinski definition) is 3. The van der Waals surface area contributed by atoms with E-state index in [2.05, 4.69) is 5.32 Å². The number of ether oxygens (including phenoxy) is 1. The van der Waals surface area contributed by atoms with Crippen molar-refractivity contribution in [2.75, 3.05) is 6.61 Å². The number of aliphatic hydroxyl groups is 1. The Balaban J connectivity index is 2.80. The number of para-hydroxylation sites is 1. The van der Waals surface area contributed by atoms with Crippen LogP contribution in [0.1, 0.15) is 33.3 Å². The Morgan fingerprint density at radius 3 is 2.61 bits per heavy atom. The van der Waals surface area contributed by atoms with Gasteiger partial charge in [0.05, 0.1) is 6.10 Å². The molecule has 0 spiro atoms. The van der Waals surface area contributed by atoms with Gasteiger partial charge in [-0.2, -0.15) is 0 Å². The van der Waals surface area contributed by atoms with Crippen LogP contribution in [-0.4, -0.2) is 23.4 Å². The second-order valence-corrected chi connectivity index (χ2v) is 5.49. The Hall–Kier alpha value is -1.13. The molecule has 0 bridgehead atoms. The third-order valence-corrected chi connectivity index (χ3v) is 2.33. The third kappa shape index (κ3) is 5.02. The Labute approximate surface area is 108 Å². The molecule has 4 heteroatoms. The monoisotopic (exact) mass is 255 g/mol. The van der Waals surface area contributed by atoms with Crippen LogP contribution in [0, 0.1) is 5.82 Å². The molecule has 0 heterocycles. The summed E-state index contributed by atoms with van der Waals surface area (Å²) >= 11 is 0. The minimum absolute atomic E-state index is 0.0478. The van der Waals surface area contributed by atoms with E-state index < -0.39 is 11.9 Å². The van der Waals surface area contributed by atoms with Crippen LogP contribution in [-0.2, 0) is 6.54 Å². The van der Waals surface area contributed by atoms with E-state index in [1.165, 1.54) is 6.07 Å². The number of halogens is 1. The molecule has 2 N–H and O–H groups in total. The van der Waals surface area contributed by atoms with Gasteiger partial charge in [-0.25, -0.2) is 4.39 Å². The number of benzene rings is 1. The molecule has 1 unspecified atom stereocenters. The Morgan fingerprint density at radius 2 is 2.06 bits per heavy atom. The van der Waals surface area contributed by atoms with Crippen LogP contribution in [0.25, 0.3) is 0 Å². The van der Waals surface area contributed by atoms with Crippen LogP contribution < -0.4 is 10.1 Å². The lowest BCUT2D eigenvalue weighted by atomic mass is 10.1. The zero-order chi connectivity index (χ0) is 13.8. The van der Waals surface area contributed by atoms with Gasteiger partial charge in [0.15, 0.2) is 11.6 Å². The standard InChI is InChI=1S/C14H22FNO2/c1-10(17)9-18-13-11(6-5-7-12(13)15)8-16-14(2,3)4/h5-7,10,16-17H,8-9H2,1-4H3. The first-order chi connectivity index (χ1) is 8.29. The predicted octanol–water partition coefficient (Wildman–Crippen LogP) is 2.47. The highest BCUT2D eigenvalue weighted by atomic mass is 19.1. The van der Waals surface area contributed by atoms with E-state index in [1.807, 2.05) is 26.8 Å². The van der Waals surface area contributed by atoms with E-state index in [0.29, 0.717) is 6.54 Å². The van der Waals surface area contributed by atoms with Gasteiger partial charge in [-0.3, -0.25) is 0 Å². The molecule has 0 aromatic heterocycles. The normalized spacial score (nSPS) is 13.4. The zero-order valence-electron chi connectivity index (χ0n) is 11.5. The van der Waals surface area contributed by atoms with Crippen LogP contribution in [0.2, 0.25) is 0 Å². The molecule has 0 radical (unpaired) electrons. The number of nitrogens with one attached hydrogen (secondary N) is 1. The van der Waals surface area contributed by atoms with Crippen LogP contribution in [0.3, 0.4) is 0 Å². The van der Waals surface area contributed by atoms with Crippen molar-refractivity contribution in [3.8, 4) is 5.75 Å². The predicted molar refractivity (Wildman–Crippen MR) is 70.2 cm³/mol. The van der Waals surface area contributed by atoms with E-state index >= 15 is 0 Å². The summed E-state index contributed by atoms with van der Waals surface area (Å²) in [6.07, 6.45) is -0.618. The summed E-state index contributed by atoms with van der Waals surface area (Å²) in [7, 11) is 0. The van der Waals surface area contributed by atoms with Gasteiger partial charge in [-0.05, 0) is 33.8 Å². The molecule has 18 heavy (non-hydrogen) atoms. The first kappa shape index (κ1) is 14.9. The van der Waals surface area contributed by atoms with Crippen molar-refractivity contribution >= 4 is 0 Å². The van der Waals surface area contributed by atoms with Gasteiger partial charge in [0, 0.05) is 17.6 Å². The molecule has 1 atom stereocenters. The zero-order valence-corrected chi connectivity index (χ0v) is 11.5. The summed E-state index contributed by atoms with van der Waals surface area (Å²) in [5.74, 6) is -0.181. The minimum atomic E-state index is -0.618. The van der Waals surface area contributed by atoms with E-state index in [1.54, 1.807) is 13.0 Å². The van der Waals surface area contributed by atoms with Crippen molar-refractivity contribution in [1.29, 1.82) is 0 Å². The molecule has 0 aliphatic rings. The SMILES string of the molecule is CC(O)COc1c(F)cccc1CNC(C)(C)C. The summed E-state index contributed by atoms with van der Waals surface area (Å²) < 4.78 is 19.0. The van der Waals surface area contributed by atoms with E-state index in [-0.39, 0.29) is 17.9 Å². The number of aliphatic hydroxyl groups excluding tert-OH is 1. The Morgan fingerprint density at radius 1 is 1.39 bits per heavy atom. The Bertz CT molecular complexity index is 386. The van der Waals surface area contributed by atoms with Crippen molar-refractivity contribution in [2.24, 2.45) is 0 Å². The summed E-state index contributed by atoms with van der Waals surface area (Å²) in [4.78, 5) is 0. The average Bonchev–Trinajstić information content (AvgIpc) is 2.23. The average molecular weight is 255 g/mol. The van der Waals surface area contributed by atoms with Crippen LogP contribution in [0.4, 0.5) is 4.39 Å². The fraction of sp³-hybridized carbons (Fsp3) is 0.571. The molecule has 0 amide bonds. The Kier molecular flexibility index (Phi) is 5.11. The summed E-state index contributed by atoms with van der Waals surface area (Å²) in [6.45, 7) is 8.35. The maximum atomic E-state index is 13.7. The van der Waals surface area contributed by atoms with Gasteiger partial charge in [0.2, 0.25) is 0 Å². The minimum Gasteiger partial charge on any atom is -0.487 e. The largest absolute Gasteiger partial charge is 0.487 e. The van der Waals surface area contributed by atoms with Gasteiger partial charge >= 0.3 is 0 Å². The topological polar surface area (TPSA) is 41.5 Å². The number of hydrogen-bond donors (Lipinski definition) is 2. The molecule has 1 rings (SSSR count). The number of rotatable bonds is 5. The van der Waals surface area contributed by atoms with Crippen LogP contribution in [0.5, 0.6) is 5.75 Å². The molecular weight excluding hydrogens is 233 g/mol. The van der Waals surface area contributed by atoms with Crippen molar-refractivity contribution in [3.63, 3.8) is 0 Å². The smallest absolute Gasteiger partial charge is 0.165 e. The van der Waals surface area contributed by atoms with Crippen molar-refractivity contribution in [1.82, 2.24) is 5.32 Å². The van der Waals surface area contributed by atoms with Gasteiger partial charge in [0.1, 0.15) is 6.61 Å². The molecule has 1 aromatic rings. The highest BCUT2D eigenvalue weighted by Crippen LogP contribution is 2.23. The second kappa shape index (κ2) is 6.16. The van der Waals surface area contributed by atoms with Crippen LogP contribution >= 0.6 is 0 Å². The van der Waals surface area contributed by atoms with E-state index in [9.17, 15) is 9.50 Å². The first-order valence-electron chi connectivity index (χ1n) is 6.13. The van der Waals surface area contributed by atoms with Gasteiger partial charge < -0.3 is 15.2 Å². The fourth-order valence-electron chi connectivity index (χ4n) is 1.42. The molecule has 3 nitrogen and oxygen atoms in total. The maximum absolute atomic E-state index is 13.7. The highest BCUT2D eigenvalue weighted by Gasteiger charge is 2.14. The highest BCUT2D eigenvalue weighted by molar-refractivity contribution is 5.35. The van der Waals surface area contributed by atoms with Gasteiger partial charge in [-0.15, -0.1) is 0 Å². The lowest BCUT2D eigenvalue weighted by Crippen LogP contribution is -2.35.